The van der Waals surface area contributed by atoms with Crippen LogP contribution in [0.15, 0.2) is 12.2 Å². The molecule has 0 aromatic carbocycles. The molecule has 0 atom stereocenters. The van der Waals surface area contributed by atoms with Gasteiger partial charge in [0.2, 0.25) is 0 Å². The van der Waals surface area contributed by atoms with Gasteiger partial charge in [0.1, 0.15) is 0 Å². The molecule has 0 unspecified atom stereocenters. The second-order valence-electron chi connectivity index (χ2n) is 6.25. The summed E-state index contributed by atoms with van der Waals surface area (Å²) in [7, 11) is 0. The van der Waals surface area contributed by atoms with Crippen LogP contribution in [0, 0.1) is 23.7 Å². The van der Waals surface area contributed by atoms with Crippen molar-refractivity contribution in [3.05, 3.63) is 12.2 Å². The average Bonchev–Trinajstić information content (AvgIpc) is 2.26. The lowest BCUT2D eigenvalue weighted by Crippen LogP contribution is -2.56. The highest BCUT2D eigenvalue weighted by atomic mass is 32.2. The summed E-state index contributed by atoms with van der Waals surface area (Å²) in [5.41, 5.74) is 0. The molecule has 1 spiro atoms. The van der Waals surface area contributed by atoms with Crippen LogP contribution in [0.2, 0.25) is 0 Å². The van der Waals surface area contributed by atoms with Crippen LogP contribution in [0.1, 0.15) is 38.5 Å². The molecule has 4 aliphatic carbocycles. The number of allylic oxidation sites excluding steroid dienone is 1. The maximum absolute atomic E-state index is 2.48. The van der Waals surface area contributed by atoms with E-state index in [9.17, 15) is 0 Å². The molecule has 4 saturated carbocycles. The summed E-state index contributed by atoms with van der Waals surface area (Å²) >= 11 is 2.31. The maximum Gasteiger partial charge on any atom is 0.0254 e. The van der Waals surface area contributed by atoms with Gasteiger partial charge < -0.3 is 0 Å². The van der Waals surface area contributed by atoms with Crippen molar-refractivity contribution < 1.29 is 0 Å². The van der Waals surface area contributed by atoms with E-state index in [1.54, 1.807) is 32.1 Å². The zero-order valence-electron chi connectivity index (χ0n) is 9.32. The predicted octanol–water partition coefficient (Wildman–Crippen LogP) is 3.87. The van der Waals surface area contributed by atoms with Crippen LogP contribution in [0.3, 0.4) is 0 Å². The van der Waals surface area contributed by atoms with Crippen molar-refractivity contribution in [2.24, 2.45) is 23.7 Å². The third-order valence-electron chi connectivity index (χ3n) is 5.57. The Hall–Kier alpha value is 0.0900. The number of rotatable bonds is 0. The third-order valence-corrected chi connectivity index (χ3v) is 7.30. The van der Waals surface area contributed by atoms with Crippen molar-refractivity contribution in [1.29, 1.82) is 0 Å². The normalized spacial score (nSPS) is 56.5. The van der Waals surface area contributed by atoms with Gasteiger partial charge in [-0.15, -0.1) is 0 Å². The second-order valence-corrected chi connectivity index (χ2v) is 7.63. The molecule has 5 rings (SSSR count). The van der Waals surface area contributed by atoms with Crippen molar-refractivity contribution in [2.75, 3.05) is 5.75 Å². The van der Waals surface area contributed by atoms with E-state index < -0.39 is 0 Å². The van der Waals surface area contributed by atoms with Gasteiger partial charge in [-0.05, 0) is 62.2 Å². The van der Waals surface area contributed by atoms with Gasteiger partial charge in [0.05, 0.1) is 0 Å². The molecule has 4 bridgehead atoms. The van der Waals surface area contributed by atoms with Crippen LogP contribution in [0.5, 0.6) is 0 Å². The van der Waals surface area contributed by atoms with Crippen molar-refractivity contribution >= 4 is 11.8 Å². The Morgan fingerprint density at radius 2 is 1.53 bits per heavy atom. The zero-order chi connectivity index (χ0) is 9.88. The van der Waals surface area contributed by atoms with E-state index >= 15 is 0 Å². The van der Waals surface area contributed by atoms with Crippen LogP contribution in [-0.2, 0) is 0 Å². The summed E-state index contributed by atoms with van der Waals surface area (Å²) in [6.07, 6.45) is 14.2. The standard InChI is InChI=1S/C14H20S/c1-2-4-15-14(3-1)12-6-10-5-11(8-12)9-13(14)7-10/h1-2,10-13H,3-9H2. The van der Waals surface area contributed by atoms with Gasteiger partial charge in [-0.25, -0.2) is 0 Å². The fraction of sp³-hybridized carbons (Fsp3) is 0.857. The maximum atomic E-state index is 2.48. The fourth-order valence-corrected chi connectivity index (χ4v) is 6.76. The lowest BCUT2D eigenvalue weighted by Gasteiger charge is -2.61. The molecule has 1 aliphatic heterocycles. The molecular formula is C14H20S. The molecule has 0 N–H and O–H groups in total. The lowest BCUT2D eigenvalue weighted by atomic mass is 9.51. The Morgan fingerprint density at radius 1 is 0.867 bits per heavy atom. The Labute approximate surface area is 96.9 Å². The van der Waals surface area contributed by atoms with Crippen molar-refractivity contribution in [1.82, 2.24) is 0 Å². The molecule has 0 radical (unpaired) electrons. The third kappa shape index (κ3) is 1.16. The lowest BCUT2D eigenvalue weighted by molar-refractivity contribution is -0.0158. The smallest absolute Gasteiger partial charge is 0.0254 e. The zero-order valence-corrected chi connectivity index (χ0v) is 10.1. The summed E-state index contributed by atoms with van der Waals surface area (Å²) in [6, 6.07) is 0. The van der Waals surface area contributed by atoms with Gasteiger partial charge >= 0.3 is 0 Å². The molecule has 0 saturated heterocycles. The molecule has 0 nitrogen and oxygen atoms in total. The van der Waals surface area contributed by atoms with Crippen LogP contribution in [-0.4, -0.2) is 10.5 Å². The molecule has 4 fully saturated rings. The highest BCUT2D eigenvalue weighted by Crippen LogP contribution is 2.64. The highest BCUT2D eigenvalue weighted by molar-refractivity contribution is 8.00. The average molecular weight is 220 g/mol. The minimum atomic E-state index is 0.710. The van der Waals surface area contributed by atoms with E-state index in [0.717, 1.165) is 23.7 Å². The van der Waals surface area contributed by atoms with Crippen LogP contribution >= 0.6 is 11.8 Å². The monoisotopic (exact) mass is 220 g/mol. The van der Waals surface area contributed by atoms with Gasteiger partial charge in [0.15, 0.2) is 0 Å². The van der Waals surface area contributed by atoms with E-state index in [1.807, 2.05) is 0 Å². The van der Waals surface area contributed by atoms with E-state index in [2.05, 4.69) is 23.9 Å². The molecule has 1 heteroatoms. The quantitative estimate of drug-likeness (QED) is 0.558. The molecular weight excluding hydrogens is 200 g/mol. The van der Waals surface area contributed by atoms with E-state index in [0.29, 0.717) is 4.75 Å². The molecule has 82 valence electrons. The van der Waals surface area contributed by atoms with Crippen molar-refractivity contribution in [3.8, 4) is 0 Å². The van der Waals surface area contributed by atoms with E-state index in [4.69, 9.17) is 0 Å². The topological polar surface area (TPSA) is 0 Å². The van der Waals surface area contributed by atoms with Gasteiger partial charge in [-0.1, -0.05) is 12.2 Å². The molecule has 1 heterocycles. The molecule has 0 aromatic heterocycles. The Kier molecular flexibility index (Phi) is 1.87. The van der Waals surface area contributed by atoms with Crippen molar-refractivity contribution in [2.45, 2.75) is 43.3 Å². The second kappa shape index (κ2) is 3.06. The first kappa shape index (κ1) is 9.15. The minimum absolute atomic E-state index is 0.710. The molecule has 0 amide bonds. The number of hydrogen-bond donors (Lipinski definition) is 0. The number of hydrogen-bond acceptors (Lipinski definition) is 1. The van der Waals surface area contributed by atoms with Gasteiger partial charge in [-0.3, -0.25) is 0 Å². The predicted molar refractivity (Wildman–Crippen MR) is 66.0 cm³/mol. The first-order valence-corrected chi connectivity index (χ1v) is 7.64. The Balaban J connectivity index is 1.72. The molecule has 15 heavy (non-hydrogen) atoms. The summed E-state index contributed by atoms with van der Waals surface area (Å²) in [4.78, 5) is 0. The summed E-state index contributed by atoms with van der Waals surface area (Å²) in [6.45, 7) is 0. The largest absolute Gasteiger partial charge is 0.150 e. The minimum Gasteiger partial charge on any atom is -0.150 e. The van der Waals surface area contributed by atoms with E-state index in [-0.39, 0.29) is 0 Å². The van der Waals surface area contributed by atoms with Gasteiger partial charge in [0, 0.05) is 10.5 Å². The SMILES string of the molecule is C1=CCC2(SC1)C1CC3CC(C1)CC2C3. The Morgan fingerprint density at radius 3 is 2.07 bits per heavy atom. The van der Waals surface area contributed by atoms with Crippen LogP contribution in [0.25, 0.3) is 0 Å². The van der Waals surface area contributed by atoms with Crippen LogP contribution in [0.4, 0.5) is 0 Å². The van der Waals surface area contributed by atoms with Crippen molar-refractivity contribution in [3.63, 3.8) is 0 Å². The van der Waals surface area contributed by atoms with Crippen LogP contribution < -0.4 is 0 Å². The fourth-order valence-electron chi connectivity index (χ4n) is 5.15. The van der Waals surface area contributed by atoms with E-state index in [1.165, 1.54) is 12.2 Å². The number of thioether (sulfide) groups is 1. The van der Waals surface area contributed by atoms with Gasteiger partial charge in [0.25, 0.3) is 0 Å². The molecule has 0 aromatic rings. The summed E-state index contributed by atoms with van der Waals surface area (Å²) in [5.74, 6) is 5.73. The first-order chi connectivity index (χ1) is 7.37. The highest BCUT2D eigenvalue weighted by Gasteiger charge is 2.56. The Bertz CT molecular complexity index is 276. The summed E-state index contributed by atoms with van der Waals surface area (Å²) < 4.78 is 0.710. The summed E-state index contributed by atoms with van der Waals surface area (Å²) in [5, 5.41) is 0. The molecule has 5 aliphatic rings. The van der Waals surface area contributed by atoms with Gasteiger partial charge in [-0.2, -0.15) is 11.8 Å². The first-order valence-electron chi connectivity index (χ1n) is 6.66.